The van der Waals surface area contributed by atoms with Gasteiger partial charge in [0.1, 0.15) is 5.75 Å². The van der Waals surface area contributed by atoms with Crippen molar-refractivity contribution in [1.82, 2.24) is 15.4 Å². The predicted octanol–water partition coefficient (Wildman–Crippen LogP) is 3.25. The van der Waals surface area contributed by atoms with Gasteiger partial charge in [-0.3, -0.25) is 10.4 Å². The Morgan fingerprint density at radius 3 is 3.04 bits per heavy atom. The van der Waals surface area contributed by atoms with Crippen molar-refractivity contribution >= 4 is 29.3 Å². The third-order valence-corrected chi connectivity index (χ3v) is 5.26. The Morgan fingerprint density at radius 2 is 2.19 bits per heavy atom. The van der Waals surface area contributed by atoms with Crippen LogP contribution in [-0.2, 0) is 0 Å². The smallest absolute Gasteiger partial charge is 0.212 e. The zero-order valence-corrected chi connectivity index (χ0v) is 14.5. The van der Waals surface area contributed by atoms with Crippen molar-refractivity contribution < 1.29 is 5.11 Å². The van der Waals surface area contributed by atoms with E-state index in [1.54, 1.807) is 12.3 Å². The topological polar surface area (TPSA) is 89.7 Å². The van der Waals surface area contributed by atoms with Gasteiger partial charge in [0, 0.05) is 28.9 Å². The molecule has 26 heavy (non-hydrogen) atoms. The van der Waals surface area contributed by atoms with Crippen LogP contribution in [-0.4, -0.2) is 21.1 Å². The number of hydrogen-bond acceptors (Lipinski definition) is 5. The number of phenolic OH excluding ortho intramolecular Hbond substituents is 1. The fourth-order valence-corrected chi connectivity index (χ4v) is 3.93. The maximum Gasteiger partial charge on any atom is 0.212 e. The minimum absolute atomic E-state index is 0.0952. The number of benzene rings is 1. The molecule has 0 spiro atoms. The van der Waals surface area contributed by atoms with Gasteiger partial charge in [-0.2, -0.15) is 0 Å². The molecule has 0 saturated carbocycles. The van der Waals surface area contributed by atoms with Crippen molar-refractivity contribution in [1.29, 1.82) is 0 Å². The standard InChI is InChI=1S/C19H16ClN5O/c20-14-7-10(2-6-16(14)26)13-4-5-15-17-11(8-22-18(13)17)1-3-12-9-23-19(21)24-25(12)15/h1-3,5-9,13,22,26H,4H2,(H3,21,23,24). The van der Waals surface area contributed by atoms with Crippen molar-refractivity contribution in [3.8, 4) is 5.75 Å². The highest BCUT2D eigenvalue weighted by atomic mass is 35.5. The predicted molar refractivity (Wildman–Crippen MR) is 102 cm³/mol. The fraction of sp³-hybridized carbons (Fsp3) is 0.105. The number of H-pyrrole nitrogens is 1. The summed E-state index contributed by atoms with van der Waals surface area (Å²) in [6, 6.07) is 5.39. The molecule has 3 heterocycles. The molecule has 0 bridgehead atoms. The maximum absolute atomic E-state index is 9.72. The van der Waals surface area contributed by atoms with Gasteiger partial charge in [0.25, 0.3) is 0 Å². The molecule has 2 aromatic rings. The van der Waals surface area contributed by atoms with E-state index in [2.05, 4.69) is 27.6 Å². The Hall–Kier alpha value is -3.12. The molecule has 5 rings (SSSR count). The van der Waals surface area contributed by atoms with Crippen molar-refractivity contribution in [2.24, 2.45) is 10.7 Å². The summed E-state index contributed by atoms with van der Waals surface area (Å²) in [6.07, 6.45) is 10.8. The van der Waals surface area contributed by atoms with Crippen LogP contribution < -0.4 is 11.2 Å². The zero-order valence-electron chi connectivity index (χ0n) is 13.7. The minimum atomic E-state index is 0.0952. The summed E-state index contributed by atoms with van der Waals surface area (Å²) in [5, 5.41) is 12.0. The number of nitrogens with zero attached hydrogens (tertiary/aromatic N) is 2. The Kier molecular flexibility index (Phi) is 3.17. The van der Waals surface area contributed by atoms with E-state index >= 15 is 0 Å². The number of allylic oxidation sites excluding steroid dienone is 2. The van der Waals surface area contributed by atoms with Crippen LogP contribution >= 0.6 is 11.6 Å². The molecule has 6 nitrogen and oxygen atoms in total. The normalized spacial score (nSPS) is 20.3. The largest absolute Gasteiger partial charge is 0.506 e. The number of fused-ring (bicyclic) bond motifs is 2. The average molecular weight is 366 g/mol. The third-order valence-electron chi connectivity index (χ3n) is 4.96. The van der Waals surface area contributed by atoms with E-state index in [-0.39, 0.29) is 11.7 Å². The van der Waals surface area contributed by atoms with Crippen LogP contribution in [0.3, 0.4) is 0 Å². The quantitative estimate of drug-likeness (QED) is 0.624. The summed E-state index contributed by atoms with van der Waals surface area (Å²) in [5.74, 6) is 0.587. The molecule has 1 atom stereocenters. The Balaban J connectivity index is 1.63. The highest BCUT2D eigenvalue weighted by molar-refractivity contribution is 6.32. The van der Waals surface area contributed by atoms with Gasteiger partial charge in [-0.05, 0) is 30.2 Å². The van der Waals surface area contributed by atoms with E-state index in [0.717, 1.165) is 40.2 Å². The fourth-order valence-electron chi connectivity index (χ4n) is 3.74. The Labute approximate surface area is 155 Å². The molecular formula is C19H16ClN5O. The molecule has 1 aliphatic carbocycles. The number of phenols is 1. The van der Waals surface area contributed by atoms with Crippen molar-refractivity contribution in [3.63, 3.8) is 0 Å². The third kappa shape index (κ3) is 2.16. The SMILES string of the molecule is NC1=NC=C2C=Cc3c[nH]c4c3C(=CCC4c3ccc(O)c(Cl)c3)N2N1. The highest BCUT2D eigenvalue weighted by Crippen LogP contribution is 2.44. The molecule has 3 aliphatic rings. The highest BCUT2D eigenvalue weighted by Gasteiger charge is 2.32. The Morgan fingerprint density at radius 1 is 1.31 bits per heavy atom. The molecule has 1 aromatic heterocycles. The molecular weight excluding hydrogens is 350 g/mol. The van der Waals surface area contributed by atoms with E-state index in [4.69, 9.17) is 17.3 Å². The molecule has 5 N–H and O–H groups in total. The average Bonchev–Trinajstić information content (AvgIpc) is 2.99. The van der Waals surface area contributed by atoms with E-state index in [0.29, 0.717) is 11.0 Å². The number of aliphatic imine (C=N–C) groups is 1. The first-order chi connectivity index (χ1) is 12.6. The van der Waals surface area contributed by atoms with Crippen LogP contribution in [0.1, 0.15) is 34.7 Å². The van der Waals surface area contributed by atoms with E-state index in [1.165, 1.54) is 0 Å². The summed E-state index contributed by atoms with van der Waals surface area (Å²) in [7, 11) is 0. The van der Waals surface area contributed by atoms with Gasteiger partial charge in [0.2, 0.25) is 5.96 Å². The lowest BCUT2D eigenvalue weighted by molar-refractivity contribution is 0.439. The first-order valence-electron chi connectivity index (χ1n) is 8.30. The molecule has 0 fully saturated rings. The molecule has 0 amide bonds. The lowest BCUT2D eigenvalue weighted by Gasteiger charge is -2.33. The number of aromatic hydroxyl groups is 1. The van der Waals surface area contributed by atoms with Crippen LogP contribution in [0.5, 0.6) is 5.75 Å². The number of hydrogen-bond donors (Lipinski definition) is 4. The second-order valence-electron chi connectivity index (χ2n) is 6.47. The number of rotatable bonds is 1. The monoisotopic (exact) mass is 365 g/mol. The molecule has 0 saturated heterocycles. The summed E-state index contributed by atoms with van der Waals surface area (Å²) in [6.45, 7) is 0. The summed E-state index contributed by atoms with van der Waals surface area (Å²) >= 11 is 6.13. The van der Waals surface area contributed by atoms with E-state index in [9.17, 15) is 5.11 Å². The van der Waals surface area contributed by atoms with Crippen LogP contribution in [0, 0.1) is 0 Å². The minimum Gasteiger partial charge on any atom is -0.506 e. The van der Waals surface area contributed by atoms with Gasteiger partial charge < -0.3 is 15.8 Å². The number of hydrazine groups is 1. The van der Waals surface area contributed by atoms with Gasteiger partial charge in [0.15, 0.2) is 0 Å². The maximum atomic E-state index is 9.72. The molecule has 1 unspecified atom stereocenters. The van der Waals surface area contributed by atoms with E-state index < -0.39 is 0 Å². The Bertz CT molecular complexity index is 1050. The molecule has 7 heteroatoms. The van der Waals surface area contributed by atoms with E-state index in [1.807, 2.05) is 29.4 Å². The van der Waals surface area contributed by atoms with Gasteiger partial charge >= 0.3 is 0 Å². The van der Waals surface area contributed by atoms with Gasteiger partial charge in [-0.15, -0.1) is 0 Å². The van der Waals surface area contributed by atoms with Crippen molar-refractivity contribution in [2.45, 2.75) is 12.3 Å². The lowest BCUT2D eigenvalue weighted by Crippen LogP contribution is -2.46. The molecule has 1 aromatic carbocycles. The summed E-state index contributed by atoms with van der Waals surface area (Å²) in [5.41, 5.74) is 15.4. The second kappa shape index (κ2) is 5.44. The number of aromatic nitrogens is 1. The summed E-state index contributed by atoms with van der Waals surface area (Å²) < 4.78 is 0. The number of nitrogens with two attached hydrogens (primary N) is 1. The molecule has 130 valence electrons. The van der Waals surface area contributed by atoms with Crippen molar-refractivity contribution in [2.75, 3.05) is 0 Å². The summed E-state index contributed by atoms with van der Waals surface area (Å²) in [4.78, 5) is 7.58. The first-order valence-corrected chi connectivity index (χ1v) is 8.68. The number of aromatic amines is 1. The number of guanidine groups is 1. The lowest BCUT2D eigenvalue weighted by atomic mass is 9.84. The van der Waals surface area contributed by atoms with Gasteiger partial charge in [0.05, 0.1) is 22.6 Å². The van der Waals surface area contributed by atoms with Crippen LogP contribution in [0.15, 0.2) is 53.4 Å². The van der Waals surface area contributed by atoms with Crippen LogP contribution in [0.4, 0.5) is 0 Å². The number of nitrogens with one attached hydrogen (secondary N) is 2. The molecule has 0 radical (unpaired) electrons. The first kappa shape index (κ1) is 15.2. The van der Waals surface area contributed by atoms with Gasteiger partial charge in [-0.1, -0.05) is 29.8 Å². The van der Waals surface area contributed by atoms with Crippen molar-refractivity contribution in [3.05, 3.63) is 75.9 Å². The zero-order chi connectivity index (χ0) is 17.8. The molecule has 2 aliphatic heterocycles. The van der Waals surface area contributed by atoms with Crippen LogP contribution in [0.2, 0.25) is 5.02 Å². The van der Waals surface area contributed by atoms with Gasteiger partial charge in [-0.25, -0.2) is 4.99 Å². The second-order valence-corrected chi connectivity index (χ2v) is 6.88. The van der Waals surface area contributed by atoms with Crippen LogP contribution in [0.25, 0.3) is 11.8 Å². The number of halogens is 1.